The molecule has 0 spiro atoms. The zero-order valence-corrected chi connectivity index (χ0v) is 20.1. The lowest BCUT2D eigenvalue weighted by Gasteiger charge is -2.26. The molecule has 1 fully saturated rings. The molecule has 0 saturated carbocycles. The molecule has 0 amide bonds. The summed E-state index contributed by atoms with van der Waals surface area (Å²) < 4.78 is 3.89. The first-order valence-electron chi connectivity index (χ1n) is 11.2. The molecule has 3 aromatic rings. The van der Waals surface area contributed by atoms with Crippen LogP contribution in [-0.4, -0.2) is 42.9 Å². The number of aryl methyl sites for hydroxylation is 3. The molecular formula is C24H26N4O5S. The van der Waals surface area contributed by atoms with Crippen LogP contribution in [0.1, 0.15) is 47.7 Å². The molecule has 0 atom stereocenters. The fourth-order valence-corrected chi connectivity index (χ4v) is 5.47. The third-order valence-electron chi connectivity index (χ3n) is 6.07. The number of hydrogen-bond acceptors (Lipinski definition) is 7. The minimum atomic E-state index is -1.38. The van der Waals surface area contributed by atoms with Crippen molar-refractivity contribution in [2.45, 2.75) is 51.5 Å². The summed E-state index contributed by atoms with van der Waals surface area (Å²) in [6.07, 6.45) is 4.85. The number of benzene rings is 1. The molecule has 0 radical (unpaired) electrons. The van der Waals surface area contributed by atoms with E-state index in [2.05, 4.69) is 9.29 Å². The predicted octanol–water partition coefficient (Wildman–Crippen LogP) is 4.80. The van der Waals surface area contributed by atoms with Crippen LogP contribution in [0.2, 0.25) is 0 Å². The largest absolute Gasteiger partial charge is 0.477 e. The molecule has 3 heterocycles. The van der Waals surface area contributed by atoms with Gasteiger partial charge in [-0.25, -0.2) is 14.1 Å². The number of hydrogen-bond donors (Lipinski definition) is 1. The van der Waals surface area contributed by atoms with Crippen LogP contribution in [0, 0.1) is 24.0 Å². The molecular weight excluding hydrogens is 456 g/mol. The second kappa shape index (κ2) is 9.55. The van der Waals surface area contributed by atoms with Crippen molar-refractivity contribution in [1.29, 1.82) is 0 Å². The number of rotatable bonds is 6. The van der Waals surface area contributed by atoms with Gasteiger partial charge in [-0.1, -0.05) is 6.42 Å². The third-order valence-corrected chi connectivity index (χ3v) is 7.52. The predicted molar refractivity (Wildman–Crippen MR) is 131 cm³/mol. The second-order valence-corrected chi connectivity index (χ2v) is 9.57. The van der Waals surface area contributed by atoms with E-state index in [4.69, 9.17) is 0 Å². The highest BCUT2D eigenvalue weighted by Gasteiger charge is 2.25. The van der Waals surface area contributed by atoms with E-state index in [1.807, 2.05) is 26.0 Å². The van der Waals surface area contributed by atoms with Crippen LogP contribution in [0.15, 0.2) is 34.1 Å². The van der Waals surface area contributed by atoms with E-state index in [1.165, 1.54) is 30.0 Å². The fourth-order valence-electron chi connectivity index (χ4n) is 4.36. The first-order valence-corrected chi connectivity index (χ1v) is 12.0. The van der Waals surface area contributed by atoms with Crippen LogP contribution in [-0.2, 0) is 6.54 Å². The standard InChI is InChI=1S/C24H26N4O5S/c1-4-26-13-18(24(30)31)21(29)17-12-19(28(32)33)20(25-23(17)26)16-10-14(2)22(15(3)11-16)34-27-8-6-5-7-9-27/h10-13H,4-9H2,1-3H3,(H,30,31). The van der Waals surface area contributed by atoms with Gasteiger partial charge in [0.05, 0.1) is 10.3 Å². The molecule has 9 nitrogen and oxygen atoms in total. The van der Waals surface area contributed by atoms with Gasteiger partial charge in [0, 0.05) is 42.4 Å². The molecule has 1 saturated heterocycles. The molecule has 10 heteroatoms. The summed E-state index contributed by atoms with van der Waals surface area (Å²) in [7, 11) is 0. The van der Waals surface area contributed by atoms with E-state index in [0.717, 1.165) is 35.2 Å². The van der Waals surface area contributed by atoms with Gasteiger partial charge >= 0.3 is 5.97 Å². The lowest BCUT2D eigenvalue weighted by molar-refractivity contribution is -0.384. The monoisotopic (exact) mass is 482 g/mol. The highest BCUT2D eigenvalue weighted by atomic mass is 32.2. The summed E-state index contributed by atoms with van der Waals surface area (Å²) in [5.74, 6) is -1.38. The second-order valence-electron chi connectivity index (χ2n) is 8.47. The molecule has 4 rings (SSSR count). The molecule has 1 aliphatic rings. The van der Waals surface area contributed by atoms with Gasteiger partial charge < -0.3 is 9.67 Å². The maximum Gasteiger partial charge on any atom is 0.341 e. The molecule has 1 N–H and O–H groups in total. The summed E-state index contributed by atoms with van der Waals surface area (Å²) >= 11 is 1.73. The normalized spacial score (nSPS) is 14.4. The number of carbonyl (C=O) groups is 1. The zero-order chi connectivity index (χ0) is 24.6. The molecule has 0 unspecified atom stereocenters. The molecule has 1 aliphatic heterocycles. The van der Waals surface area contributed by atoms with Crippen LogP contribution < -0.4 is 5.43 Å². The van der Waals surface area contributed by atoms with Crippen molar-refractivity contribution in [3.8, 4) is 11.3 Å². The third kappa shape index (κ3) is 4.43. The van der Waals surface area contributed by atoms with Crippen molar-refractivity contribution >= 4 is 34.6 Å². The molecule has 34 heavy (non-hydrogen) atoms. The Morgan fingerprint density at radius 3 is 2.38 bits per heavy atom. The minimum Gasteiger partial charge on any atom is -0.477 e. The Kier molecular flexibility index (Phi) is 6.72. The average molecular weight is 483 g/mol. The van der Waals surface area contributed by atoms with Gasteiger partial charge in [0.15, 0.2) is 5.69 Å². The van der Waals surface area contributed by atoms with Crippen molar-refractivity contribution in [3.05, 3.63) is 61.4 Å². The zero-order valence-electron chi connectivity index (χ0n) is 19.3. The van der Waals surface area contributed by atoms with Gasteiger partial charge in [-0.05, 0) is 68.8 Å². The molecule has 0 bridgehead atoms. The van der Waals surface area contributed by atoms with Crippen molar-refractivity contribution in [3.63, 3.8) is 0 Å². The summed E-state index contributed by atoms with van der Waals surface area (Å²) in [6.45, 7) is 8.18. The van der Waals surface area contributed by atoms with Crippen LogP contribution in [0.25, 0.3) is 22.3 Å². The Labute approximate surface area is 200 Å². The number of aromatic nitrogens is 2. The Hall–Kier alpha value is -3.24. The number of fused-ring (bicyclic) bond motifs is 1. The smallest absolute Gasteiger partial charge is 0.341 e. The van der Waals surface area contributed by atoms with Gasteiger partial charge in [0.1, 0.15) is 11.2 Å². The average Bonchev–Trinajstić information content (AvgIpc) is 2.81. The topological polar surface area (TPSA) is 119 Å². The lowest BCUT2D eigenvalue weighted by Crippen LogP contribution is -2.23. The SMILES string of the molecule is CCn1cc(C(=O)O)c(=O)c2cc([N+](=O)[O-])c(-c3cc(C)c(SN4CCCCC4)c(C)c3)nc21. The summed E-state index contributed by atoms with van der Waals surface area (Å²) in [5, 5.41) is 21.3. The minimum absolute atomic E-state index is 0.0806. The first-order chi connectivity index (χ1) is 16.2. The summed E-state index contributed by atoms with van der Waals surface area (Å²) in [4.78, 5) is 41.3. The van der Waals surface area contributed by atoms with E-state index < -0.39 is 21.9 Å². The fraction of sp³-hybridized carbons (Fsp3) is 0.375. The van der Waals surface area contributed by atoms with E-state index >= 15 is 0 Å². The number of nitrogens with zero attached hydrogens (tertiary/aromatic N) is 4. The Morgan fingerprint density at radius 2 is 1.82 bits per heavy atom. The van der Waals surface area contributed by atoms with Crippen molar-refractivity contribution in [1.82, 2.24) is 13.9 Å². The molecule has 2 aromatic heterocycles. The maximum atomic E-state index is 12.7. The number of aromatic carboxylic acids is 1. The van der Waals surface area contributed by atoms with Crippen molar-refractivity contribution in [2.24, 2.45) is 0 Å². The van der Waals surface area contributed by atoms with Gasteiger partial charge in [0.25, 0.3) is 5.69 Å². The van der Waals surface area contributed by atoms with E-state index in [1.54, 1.807) is 18.9 Å². The van der Waals surface area contributed by atoms with Crippen LogP contribution >= 0.6 is 11.9 Å². The molecule has 178 valence electrons. The molecule has 1 aromatic carbocycles. The Bertz CT molecular complexity index is 1340. The van der Waals surface area contributed by atoms with Gasteiger partial charge in [0.2, 0.25) is 5.43 Å². The van der Waals surface area contributed by atoms with E-state index in [0.29, 0.717) is 12.1 Å². The number of pyridine rings is 2. The first kappa shape index (κ1) is 23.9. The van der Waals surface area contributed by atoms with Crippen LogP contribution in [0.5, 0.6) is 0 Å². The summed E-state index contributed by atoms with van der Waals surface area (Å²) in [5.41, 5.74) is 1.41. The van der Waals surface area contributed by atoms with Crippen molar-refractivity contribution < 1.29 is 14.8 Å². The number of nitro groups is 1. The highest BCUT2D eigenvalue weighted by molar-refractivity contribution is 7.97. The van der Waals surface area contributed by atoms with Gasteiger partial charge in [-0.15, -0.1) is 0 Å². The summed E-state index contributed by atoms with van der Waals surface area (Å²) in [6, 6.07) is 4.93. The highest BCUT2D eigenvalue weighted by Crippen LogP contribution is 2.37. The number of carboxylic acid groups (broad SMARTS) is 1. The number of carboxylic acids is 1. The maximum absolute atomic E-state index is 12.7. The van der Waals surface area contributed by atoms with E-state index in [9.17, 15) is 24.8 Å². The molecule has 0 aliphatic carbocycles. The van der Waals surface area contributed by atoms with Crippen LogP contribution in [0.4, 0.5) is 5.69 Å². The quantitative estimate of drug-likeness (QED) is 0.302. The lowest BCUT2D eigenvalue weighted by atomic mass is 10.0. The van der Waals surface area contributed by atoms with Gasteiger partial charge in [-0.3, -0.25) is 14.9 Å². The number of piperidine rings is 1. The van der Waals surface area contributed by atoms with Crippen LogP contribution in [0.3, 0.4) is 0 Å². The van der Waals surface area contributed by atoms with Gasteiger partial charge in [-0.2, -0.15) is 0 Å². The Balaban J connectivity index is 1.89. The Morgan fingerprint density at radius 1 is 1.18 bits per heavy atom. The van der Waals surface area contributed by atoms with Crippen molar-refractivity contribution in [2.75, 3.05) is 13.1 Å². The van der Waals surface area contributed by atoms with E-state index in [-0.39, 0.29) is 22.4 Å².